The van der Waals surface area contributed by atoms with Gasteiger partial charge in [0, 0.05) is 13.5 Å². The number of aliphatic hydroxyl groups excluding tert-OH is 1. The van der Waals surface area contributed by atoms with E-state index in [1.54, 1.807) is 28.6 Å². The second-order valence-corrected chi connectivity index (χ2v) is 8.90. The van der Waals surface area contributed by atoms with Crippen molar-refractivity contribution in [1.29, 1.82) is 0 Å². The molecular weight excluding hydrogens is 310 g/mol. The van der Waals surface area contributed by atoms with Crippen LogP contribution in [0.4, 0.5) is 0 Å². The Morgan fingerprint density at radius 2 is 1.91 bits per heavy atom. The summed E-state index contributed by atoms with van der Waals surface area (Å²) in [5.41, 5.74) is -1.06. The Balaban J connectivity index is 2.78. The Kier molecular flexibility index (Phi) is 6.30. The summed E-state index contributed by atoms with van der Waals surface area (Å²) >= 11 is 0. The Hall–Kier alpha value is 0.0549. The lowest BCUT2D eigenvalue weighted by Gasteiger charge is -2.35. The van der Waals surface area contributed by atoms with Crippen molar-refractivity contribution in [3.05, 3.63) is 0 Å². The third-order valence-corrected chi connectivity index (χ3v) is 6.46. The number of hydrogen-bond acceptors (Lipinski definition) is 6. The van der Waals surface area contributed by atoms with E-state index < -0.39 is 36.9 Å². The Labute approximate surface area is 132 Å². The SMILES string of the molecule is B[C@@H]1O[C@H](CC(C)(C)OP(=O)(O)C(C)(O)CC)[C@@H](O)[C@H]1OC. The minimum absolute atomic E-state index is 0.0855. The minimum atomic E-state index is -4.24. The smallest absolute Gasteiger partial charge is 0.359 e. The lowest BCUT2D eigenvalue weighted by molar-refractivity contribution is -0.0377. The third-order valence-electron chi connectivity index (χ3n) is 4.18. The second-order valence-electron chi connectivity index (χ2n) is 6.72. The fraction of sp³-hybridized carbons (Fsp3) is 1.00. The fourth-order valence-corrected chi connectivity index (χ4v) is 3.92. The van der Waals surface area contributed by atoms with Crippen LogP contribution in [-0.2, 0) is 18.6 Å². The van der Waals surface area contributed by atoms with Gasteiger partial charge in [-0.25, -0.2) is 0 Å². The lowest BCUT2D eigenvalue weighted by Crippen LogP contribution is -2.39. The summed E-state index contributed by atoms with van der Waals surface area (Å²) in [5.74, 6) is 0. The van der Waals surface area contributed by atoms with E-state index in [1.165, 1.54) is 14.0 Å². The highest BCUT2D eigenvalue weighted by Gasteiger charge is 2.48. The normalized spacial score (nSPS) is 35.1. The van der Waals surface area contributed by atoms with Gasteiger partial charge in [0.1, 0.15) is 20.1 Å². The quantitative estimate of drug-likeness (QED) is 0.450. The molecule has 0 spiro atoms. The second kappa shape index (κ2) is 6.89. The lowest BCUT2D eigenvalue weighted by atomic mass is 9.91. The molecule has 0 aromatic rings. The molecular formula is C13H28BO7P. The average molecular weight is 338 g/mol. The minimum Gasteiger partial charge on any atom is -0.388 e. The molecule has 1 aliphatic rings. The van der Waals surface area contributed by atoms with E-state index in [0.29, 0.717) is 0 Å². The van der Waals surface area contributed by atoms with Gasteiger partial charge < -0.3 is 29.1 Å². The molecule has 0 amide bonds. The first-order valence-electron chi connectivity index (χ1n) is 7.49. The molecule has 3 N–H and O–H groups in total. The molecule has 130 valence electrons. The molecule has 1 rings (SSSR count). The molecule has 0 saturated carbocycles. The zero-order chi connectivity index (χ0) is 17.3. The van der Waals surface area contributed by atoms with Gasteiger partial charge in [-0.05, 0) is 27.2 Å². The molecule has 0 radical (unpaired) electrons. The molecule has 0 bridgehead atoms. The van der Waals surface area contributed by atoms with Gasteiger partial charge in [-0.2, -0.15) is 0 Å². The largest absolute Gasteiger partial charge is 0.388 e. The first-order chi connectivity index (χ1) is 9.87. The summed E-state index contributed by atoms with van der Waals surface area (Å²) in [5, 5.41) is 18.4. The number of methoxy groups -OCH3 is 1. The van der Waals surface area contributed by atoms with Gasteiger partial charge in [0.15, 0.2) is 5.34 Å². The number of rotatable bonds is 7. The maximum atomic E-state index is 12.3. The van der Waals surface area contributed by atoms with Crippen LogP contribution < -0.4 is 0 Å². The Morgan fingerprint density at radius 1 is 1.36 bits per heavy atom. The summed E-state index contributed by atoms with van der Waals surface area (Å²) in [6, 6.07) is -0.277. The molecule has 2 unspecified atom stereocenters. The van der Waals surface area contributed by atoms with E-state index in [9.17, 15) is 19.7 Å². The molecule has 1 saturated heterocycles. The molecule has 6 atom stereocenters. The summed E-state index contributed by atoms with van der Waals surface area (Å²) in [7, 11) is -0.950. The van der Waals surface area contributed by atoms with Crippen molar-refractivity contribution in [3.63, 3.8) is 0 Å². The highest BCUT2D eigenvalue weighted by atomic mass is 31.2. The van der Waals surface area contributed by atoms with Gasteiger partial charge >= 0.3 is 7.60 Å². The van der Waals surface area contributed by atoms with Crippen molar-refractivity contribution in [2.75, 3.05) is 7.11 Å². The summed E-state index contributed by atoms with van der Waals surface area (Å²) in [4.78, 5) is 10.0. The van der Waals surface area contributed by atoms with Crippen LogP contribution in [0.25, 0.3) is 0 Å². The molecule has 1 fully saturated rings. The first-order valence-corrected chi connectivity index (χ1v) is 9.07. The predicted molar refractivity (Wildman–Crippen MR) is 84.5 cm³/mol. The maximum Gasteiger partial charge on any atom is 0.359 e. The molecule has 1 aliphatic heterocycles. The van der Waals surface area contributed by atoms with Gasteiger partial charge in [0.25, 0.3) is 0 Å². The third kappa shape index (κ3) is 4.32. The van der Waals surface area contributed by atoms with E-state index in [0.717, 1.165) is 0 Å². The van der Waals surface area contributed by atoms with E-state index in [2.05, 4.69) is 0 Å². The molecule has 9 heteroatoms. The van der Waals surface area contributed by atoms with Crippen LogP contribution in [0.2, 0.25) is 0 Å². The average Bonchev–Trinajstić information content (AvgIpc) is 2.61. The number of ether oxygens (including phenoxy) is 2. The first kappa shape index (κ1) is 20.1. The molecule has 7 nitrogen and oxygen atoms in total. The van der Waals surface area contributed by atoms with E-state index in [-0.39, 0.29) is 18.8 Å². The van der Waals surface area contributed by atoms with Crippen molar-refractivity contribution < 1.29 is 33.7 Å². The van der Waals surface area contributed by atoms with Gasteiger partial charge in [-0.3, -0.25) is 4.57 Å². The van der Waals surface area contributed by atoms with E-state index in [1.807, 2.05) is 0 Å². The molecule has 1 heterocycles. The van der Waals surface area contributed by atoms with Crippen LogP contribution >= 0.6 is 7.60 Å². The monoisotopic (exact) mass is 338 g/mol. The predicted octanol–water partition coefficient (Wildman–Crippen LogP) is 0.209. The zero-order valence-electron chi connectivity index (χ0n) is 14.1. The van der Waals surface area contributed by atoms with E-state index in [4.69, 9.17) is 14.0 Å². The molecule has 22 heavy (non-hydrogen) atoms. The van der Waals surface area contributed by atoms with Crippen molar-refractivity contribution in [3.8, 4) is 0 Å². The van der Waals surface area contributed by atoms with Crippen molar-refractivity contribution >= 4 is 15.4 Å². The molecule has 0 aliphatic carbocycles. The highest BCUT2D eigenvalue weighted by molar-refractivity contribution is 7.54. The summed E-state index contributed by atoms with van der Waals surface area (Å²) in [6.45, 7) is 6.13. The standard InChI is InChI=1S/C13H28BO7P/c1-6-13(4,16)22(17,18)21-12(2,3)7-8-9(15)10(19-5)11(14)20-8/h8-11,15-16H,6-7,14H2,1-5H3,(H,17,18)/t8-,9-,10-,11-,13?/m1/s1. The summed E-state index contributed by atoms with van der Waals surface area (Å²) < 4.78 is 28.4. The van der Waals surface area contributed by atoms with Crippen LogP contribution in [0.1, 0.15) is 40.5 Å². The fourth-order valence-electron chi connectivity index (χ4n) is 2.58. The Morgan fingerprint density at radius 3 is 2.32 bits per heavy atom. The summed E-state index contributed by atoms with van der Waals surface area (Å²) in [6.07, 6.45) is -1.57. The van der Waals surface area contributed by atoms with E-state index >= 15 is 0 Å². The van der Waals surface area contributed by atoms with Crippen molar-refractivity contribution in [2.45, 2.75) is 75.8 Å². The van der Waals surface area contributed by atoms with Crippen LogP contribution in [0.3, 0.4) is 0 Å². The molecule has 0 aromatic heterocycles. The van der Waals surface area contributed by atoms with Crippen LogP contribution in [0, 0.1) is 0 Å². The van der Waals surface area contributed by atoms with Gasteiger partial charge in [-0.15, -0.1) is 0 Å². The van der Waals surface area contributed by atoms with Gasteiger partial charge in [0.2, 0.25) is 0 Å². The highest BCUT2D eigenvalue weighted by Crippen LogP contribution is 2.58. The number of aliphatic hydroxyl groups is 2. The number of hydrogen-bond donors (Lipinski definition) is 3. The van der Waals surface area contributed by atoms with Gasteiger partial charge in [-0.1, -0.05) is 6.92 Å². The van der Waals surface area contributed by atoms with Crippen molar-refractivity contribution in [1.82, 2.24) is 0 Å². The maximum absolute atomic E-state index is 12.3. The zero-order valence-corrected chi connectivity index (χ0v) is 15.0. The topological polar surface area (TPSA) is 105 Å². The van der Waals surface area contributed by atoms with Gasteiger partial charge in [0.05, 0.1) is 17.7 Å². The molecule has 0 aromatic carbocycles. The Bertz CT molecular complexity index is 429. The van der Waals surface area contributed by atoms with Crippen LogP contribution in [-0.4, -0.2) is 65.3 Å². The van der Waals surface area contributed by atoms with Crippen molar-refractivity contribution in [2.24, 2.45) is 0 Å². The van der Waals surface area contributed by atoms with Crippen LogP contribution in [0.5, 0.6) is 0 Å². The van der Waals surface area contributed by atoms with Crippen LogP contribution in [0.15, 0.2) is 0 Å².